The Hall–Kier alpha value is -1.29. The molecule has 1 aliphatic heterocycles. The first kappa shape index (κ1) is 9.90. The summed E-state index contributed by atoms with van der Waals surface area (Å²) in [6.45, 7) is 2.75. The average molecular weight is 219 g/mol. The molecule has 0 bridgehead atoms. The van der Waals surface area contributed by atoms with Crippen molar-refractivity contribution in [1.29, 1.82) is 0 Å². The van der Waals surface area contributed by atoms with E-state index in [0.717, 1.165) is 43.8 Å². The van der Waals surface area contributed by atoms with Crippen LogP contribution in [0.1, 0.15) is 25.0 Å². The number of aromatic nitrogens is 1. The van der Waals surface area contributed by atoms with E-state index < -0.39 is 0 Å². The minimum absolute atomic E-state index is 0.720. The Kier molecular flexibility index (Phi) is 2.66. The van der Waals surface area contributed by atoms with E-state index in [1.807, 2.05) is 0 Å². The Labute approximate surface area is 95.3 Å². The standard InChI is InChI=1S/C12H17N3O/c1-2-6-15(7-3-1)12-14-11(9-16-12)8-13-10-4-5-10/h1-2,9-10,13H,3-8H2. The van der Waals surface area contributed by atoms with Crippen LogP contribution in [0.15, 0.2) is 22.8 Å². The van der Waals surface area contributed by atoms with Crippen LogP contribution in [0.25, 0.3) is 0 Å². The highest BCUT2D eigenvalue weighted by atomic mass is 16.4. The normalized spacial score (nSPS) is 20.4. The zero-order chi connectivity index (χ0) is 10.8. The van der Waals surface area contributed by atoms with Gasteiger partial charge in [-0.1, -0.05) is 12.2 Å². The smallest absolute Gasteiger partial charge is 0.297 e. The maximum Gasteiger partial charge on any atom is 0.297 e. The number of hydrogen-bond donors (Lipinski definition) is 1. The third-order valence-corrected chi connectivity index (χ3v) is 3.02. The Morgan fingerprint density at radius 3 is 3.12 bits per heavy atom. The number of hydrogen-bond acceptors (Lipinski definition) is 4. The van der Waals surface area contributed by atoms with Gasteiger partial charge >= 0.3 is 0 Å². The lowest BCUT2D eigenvalue weighted by atomic mass is 10.3. The molecule has 1 N–H and O–H groups in total. The second-order valence-electron chi connectivity index (χ2n) is 4.48. The van der Waals surface area contributed by atoms with Crippen molar-refractivity contribution in [2.45, 2.75) is 31.8 Å². The van der Waals surface area contributed by atoms with E-state index in [1.165, 1.54) is 12.8 Å². The van der Waals surface area contributed by atoms with E-state index in [1.54, 1.807) is 6.26 Å². The highest BCUT2D eigenvalue weighted by molar-refractivity contribution is 5.30. The van der Waals surface area contributed by atoms with Gasteiger partial charge in [-0.25, -0.2) is 0 Å². The Morgan fingerprint density at radius 1 is 1.44 bits per heavy atom. The van der Waals surface area contributed by atoms with E-state index in [-0.39, 0.29) is 0 Å². The van der Waals surface area contributed by atoms with Crippen molar-refractivity contribution in [1.82, 2.24) is 10.3 Å². The van der Waals surface area contributed by atoms with Crippen molar-refractivity contribution in [2.24, 2.45) is 0 Å². The molecular formula is C12H17N3O. The van der Waals surface area contributed by atoms with Crippen LogP contribution in [-0.4, -0.2) is 24.1 Å². The molecule has 1 aromatic rings. The van der Waals surface area contributed by atoms with Gasteiger partial charge in [-0.15, -0.1) is 0 Å². The highest BCUT2D eigenvalue weighted by Crippen LogP contribution is 2.20. The van der Waals surface area contributed by atoms with Crippen molar-refractivity contribution in [3.8, 4) is 0 Å². The summed E-state index contributed by atoms with van der Waals surface area (Å²) in [7, 11) is 0. The molecule has 4 heteroatoms. The van der Waals surface area contributed by atoms with Crippen LogP contribution in [-0.2, 0) is 6.54 Å². The molecule has 1 saturated carbocycles. The molecular weight excluding hydrogens is 202 g/mol. The van der Waals surface area contributed by atoms with Gasteiger partial charge < -0.3 is 14.6 Å². The SMILES string of the molecule is C1=CCN(c2nc(CNC3CC3)co2)CC1. The van der Waals surface area contributed by atoms with E-state index in [4.69, 9.17) is 4.42 Å². The van der Waals surface area contributed by atoms with E-state index in [9.17, 15) is 0 Å². The topological polar surface area (TPSA) is 41.3 Å². The Bertz CT molecular complexity index is 381. The number of rotatable bonds is 4. The van der Waals surface area contributed by atoms with Crippen LogP contribution < -0.4 is 10.2 Å². The van der Waals surface area contributed by atoms with Crippen LogP contribution in [0, 0.1) is 0 Å². The monoisotopic (exact) mass is 219 g/mol. The Balaban J connectivity index is 1.59. The van der Waals surface area contributed by atoms with Crippen LogP contribution in [0.3, 0.4) is 0 Å². The van der Waals surface area contributed by atoms with Crippen LogP contribution in [0.5, 0.6) is 0 Å². The third-order valence-electron chi connectivity index (χ3n) is 3.02. The predicted molar refractivity (Wildman–Crippen MR) is 62.3 cm³/mol. The maximum absolute atomic E-state index is 5.50. The minimum Gasteiger partial charge on any atom is -0.432 e. The fourth-order valence-corrected chi connectivity index (χ4v) is 1.87. The molecule has 1 aromatic heterocycles. The summed E-state index contributed by atoms with van der Waals surface area (Å²) in [4.78, 5) is 6.66. The molecule has 0 amide bonds. The highest BCUT2D eigenvalue weighted by Gasteiger charge is 2.21. The van der Waals surface area contributed by atoms with E-state index >= 15 is 0 Å². The van der Waals surface area contributed by atoms with Crippen LogP contribution >= 0.6 is 0 Å². The molecule has 16 heavy (non-hydrogen) atoms. The van der Waals surface area contributed by atoms with Crippen LogP contribution in [0.2, 0.25) is 0 Å². The van der Waals surface area contributed by atoms with Crippen molar-refractivity contribution in [3.05, 3.63) is 24.1 Å². The van der Waals surface area contributed by atoms with Gasteiger partial charge in [0.2, 0.25) is 0 Å². The number of nitrogens with one attached hydrogen (secondary N) is 1. The van der Waals surface area contributed by atoms with Gasteiger partial charge in [0.15, 0.2) is 0 Å². The molecule has 4 nitrogen and oxygen atoms in total. The molecule has 1 aliphatic carbocycles. The molecule has 86 valence electrons. The molecule has 2 heterocycles. The zero-order valence-electron chi connectivity index (χ0n) is 9.35. The average Bonchev–Trinajstić information content (AvgIpc) is 3.05. The second kappa shape index (κ2) is 4.29. The van der Waals surface area contributed by atoms with Gasteiger partial charge in [0.25, 0.3) is 6.01 Å². The van der Waals surface area contributed by atoms with Gasteiger partial charge in [-0.05, 0) is 19.3 Å². The lowest BCUT2D eigenvalue weighted by Gasteiger charge is -2.20. The Morgan fingerprint density at radius 2 is 2.38 bits per heavy atom. The van der Waals surface area contributed by atoms with Crippen molar-refractivity contribution in [2.75, 3.05) is 18.0 Å². The molecule has 3 rings (SSSR count). The summed E-state index contributed by atoms with van der Waals surface area (Å²) in [6, 6.07) is 1.48. The molecule has 0 spiro atoms. The molecule has 2 aliphatic rings. The van der Waals surface area contributed by atoms with Crippen molar-refractivity contribution < 1.29 is 4.42 Å². The summed E-state index contributed by atoms with van der Waals surface area (Å²) < 4.78 is 5.50. The zero-order valence-corrected chi connectivity index (χ0v) is 9.35. The van der Waals surface area contributed by atoms with Crippen LogP contribution in [0.4, 0.5) is 6.01 Å². The summed E-state index contributed by atoms with van der Waals surface area (Å²) >= 11 is 0. The van der Waals surface area contributed by atoms with Gasteiger partial charge in [-0.3, -0.25) is 0 Å². The molecule has 0 aromatic carbocycles. The fraction of sp³-hybridized carbons (Fsp3) is 0.583. The molecule has 0 unspecified atom stereocenters. The van der Waals surface area contributed by atoms with Gasteiger partial charge in [-0.2, -0.15) is 4.98 Å². The largest absolute Gasteiger partial charge is 0.432 e. The number of nitrogens with zero attached hydrogens (tertiary/aromatic N) is 2. The third kappa shape index (κ3) is 2.27. The molecule has 1 fully saturated rings. The summed E-state index contributed by atoms with van der Waals surface area (Å²) in [5, 5.41) is 3.43. The summed E-state index contributed by atoms with van der Waals surface area (Å²) in [6.07, 6.45) is 9.83. The minimum atomic E-state index is 0.720. The van der Waals surface area contributed by atoms with E-state index in [2.05, 4.69) is 27.4 Å². The quantitative estimate of drug-likeness (QED) is 0.782. The maximum atomic E-state index is 5.50. The van der Waals surface area contributed by atoms with Gasteiger partial charge in [0.1, 0.15) is 6.26 Å². The molecule has 0 radical (unpaired) electrons. The first-order chi connectivity index (χ1) is 7.92. The summed E-state index contributed by atoms with van der Waals surface area (Å²) in [5.41, 5.74) is 1.01. The molecule has 0 atom stereocenters. The lowest BCUT2D eigenvalue weighted by Crippen LogP contribution is -2.27. The number of anilines is 1. The predicted octanol–water partition coefficient (Wildman–Crippen LogP) is 1.69. The molecule has 0 saturated heterocycles. The summed E-state index contributed by atoms with van der Waals surface area (Å²) in [5.74, 6) is 0. The second-order valence-corrected chi connectivity index (χ2v) is 4.48. The van der Waals surface area contributed by atoms with E-state index in [0.29, 0.717) is 0 Å². The fourth-order valence-electron chi connectivity index (χ4n) is 1.87. The van der Waals surface area contributed by atoms with Gasteiger partial charge in [0.05, 0.1) is 5.69 Å². The first-order valence-corrected chi connectivity index (χ1v) is 5.99. The first-order valence-electron chi connectivity index (χ1n) is 5.99. The van der Waals surface area contributed by atoms with Crippen molar-refractivity contribution in [3.63, 3.8) is 0 Å². The number of oxazole rings is 1. The van der Waals surface area contributed by atoms with Gasteiger partial charge in [0, 0.05) is 25.7 Å². The lowest BCUT2D eigenvalue weighted by molar-refractivity contribution is 0.536. The van der Waals surface area contributed by atoms with Crippen molar-refractivity contribution >= 4 is 6.01 Å².